The highest BCUT2D eigenvalue weighted by Crippen LogP contribution is 2.32. The Hall–Kier alpha value is -0.120. The first-order chi connectivity index (χ1) is 8.31. The van der Waals surface area contributed by atoms with Crippen molar-refractivity contribution in [3.05, 3.63) is 0 Å². The lowest BCUT2D eigenvalue weighted by Gasteiger charge is -2.25. The second kappa shape index (κ2) is 6.72. The lowest BCUT2D eigenvalue weighted by Crippen LogP contribution is -2.41. The molecule has 2 aliphatic rings. The third-order valence-electron chi connectivity index (χ3n) is 4.36. The monoisotopic (exact) mass is 240 g/mol. The summed E-state index contributed by atoms with van der Waals surface area (Å²) in [4.78, 5) is 2.54. The maximum absolute atomic E-state index is 5.29. The van der Waals surface area contributed by atoms with Gasteiger partial charge in [-0.05, 0) is 38.6 Å². The molecule has 2 rings (SSSR count). The van der Waals surface area contributed by atoms with Crippen LogP contribution >= 0.6 is 0 Å². The van der Waals surface area contributed by atoms with Crippen LogP contribution in [0, 0.1) is 5.92 Å². The van der Waals surface area contributed by atoms with Gasteiger partial charge in [-0.15, -0.1) is 0 Å². The SMILES string of the molecule is COCC(NCCN(C)C1CCCC1)C1CC1. The molecule has 2 saturated carbocycles. The van der Waals surface area contributed by atoms with Crippen molar-refractivity contribution in [1.29, 1.82) is 0 Å². The molecule has 0 aromatic rings. The summed E-state index contributed by atoms with van der Waals surface area (Å²) in [6.07, 6.45) is 8.44. The van der Waals surface area contributed by atoms with Gasteiger partial charge in [-0.25, -0.2) is 0 Å². The number of hydrogen-bond donors (Lipinski definition) is 1. The summed E-state index contributed by atoms with van der Waals surface area (Å²) in [5.74, 6) is 0.881. The van der Waals surface area contributed by atoms with Gasteiger partial charge in [0.15, 0.2) is 0 Å². The van der Waals surface area contributed by atoms with Crippen molar-refractivity contribution in [3.8, 4) is 0 Å². The first-order valence-electron chi connectivity index (χ1n) is 7.24. The van der Waals surface area contributed by atoms with Crippen LogP contribution in [-0.4, -0.2) is 50.8 Å². The van der Waals surface area contributed by atoms with Gasteiger partial charge in [0, 0.05) is 32.3 Å². The number of hydrogen-bond acceptors (Lipinski definition) is 3. The number of ether oxygens (including phenoxy) is 1. The predicted octanol–water partition coefficient (Wildman–Crippen LogP) is 1.88. The molecule has 0 aromatic carbocycles. The Morgan fingerprint density at radius 3 is 2.53 bits per heavy atom. The average Bonchev–Trinajstić information content (AvgIpc) is 3.02. The zero-order valence-corrected chi connectivity index (χ0v) is 11.5. The fourth-order valence-corrected chi connectivity index (χ4v) is 2.99. The highest BCUT2D eigenvalue weighted by atomic mass is 16.5. The van der Waals surface area contributed by atoms with E-state index in [2.05, 4.69) is 17.3 Å². The summed E-state index contributed by atoms with van der Waals surface area (Å²) >= 11 is 0. The van der Waals surface area contributed by atoms with Crippen molar-refractivity contribution >= 4 is 0 Å². The smallest absolute Gasteiger partial charge is 0.0618 e. The van der Waals surface area contributed by atoms with Crippen molar-refractivity contribution in [1.82, 2.24) is 10.2 Å². The van der Waals surface area contributed by atoms with E-state index in [1.807, 2.05) is 7.11 Å². The standard InChI is InChI=1S/C14H28N2O/c1-16(13-5-3-4-6-13)10-9-15-14(11-17-2)12-7-8-12/h12-15H,3-11H2,1-2H3. The van der Waals surface area contributed by atoms with E-state index in [0.29, 0.717) is 6.04 Å². The molecular weight excluding hydrogens is 212 g/mol. The number of methoxy groups -OCH3 is 1. The van der Waals surface area contributed by atoms with Crippen molar-refractivity contribution < 1.29 is 4.74 Å². The van der Waals surface area contributed by atoms with Crippen molar-refractivity contribution in [2.75, 3.05) is 33.9 Å². The first-order valence-corrected chi connectivity index (χ1v) is 7.24. The first kappa shape index (κ1) is 13.3. The molecule has 2 aliphatic carbocycles. The summed E-state index contributed by atoms with van der Waals surface area (Å²) < 4.78 is 5.29. The van der Waals surface area contributed by atoms with E-state index >= 15 is 0 Å². The average molecular weight is 240 g/mol. The maximum atomic E-state index is 5.29. The van der Waals surface area contributed by atoms with Crippen LogP contribution in [0.5, 0.6) is 0 Å². The third-order valence-corrected chi connectivity index (χ3v) is 4.36. The molecule has 2 fully saturated rings. The molecule has 0 aliphatic heterocycles. The normalized spacial score (nSPS) is 23.5. The number of nitrogens with zero attached hydrogens (tertiary/aromatic N) is 1. The van der Waals surface area contributed by atoms with Crippen LogP contribution in [0.4, 0.5) is 0 Å². The molecule has 0 aromatic heterocycles. The Balaban J connectivity index is 1.60. The quantitative estimate of drug-likeness (QED) is 0.701. The molecule has 1 atom stereocenters. The predicted molar refractivity (Wildman–Crippen MR) is 71.3 cm³/mol. The van der Waals surface area contributed by atoms with Crippen molar-refractivity contribution in [3.63, 3.8) is 0 Å². The summed E-state index contributed by atoms with van der Waals surface area (Å²) in [6.45, 7) is 3.16. The van der Waals surface area contributed by atoms with Gasteiger partial charge in [0.1, 0.15) is 0 Å². The van der Waals surface area contributed by atoms with Crippen LogP contribution in [0.1, 0.15) is 38.5 Å². The zero-order chi connectivity index (χ0) is 12.1. The molecule has 3 nitrogen and oxygen atoms in total. The lowest BCUT2D eigenvalue weighted by molar-refractivity contribution is 0.153. The lowest BCUT2D eigenvalue weighted by atomic mass is 10.2. The van der Waals surface area contributed by atoms with E-state index in [1.54, 1.807) is 0 Å². The van der Waals surface area contributed by atoms with Gasteiger partial charge in [0.05, 0.1) is 6.61 Å². The minimum absolute atomic E-state index is 0.594. The Kier molecular flexibility index (Phi) is 5.26. The van der Waals surface area contributed by atoms with E-state index in [-0.39, 0.29) is 0 Å². The Labute approximate surface area is 106 Å². The van der Waals surface area contributed by atoms with E-state index < -0.39 is 0 Å². The molecular formula is C14H28N2O. The maximum Gasteiger partial charge on any atom is 0.0618 e. The minimum atomic E-state index is 0.594. The highest BCUT2D eigenvalue weighted by molar-refractivity contribution is 4.86. The van der Waals surface area contributed by atoms with E-state index in [0.717, 1.165) is 25.1 Å². The zero-order valence-electron chi connectivity index (χ0n) is 11.5. The fraction of sp³-hybridized carbons (Fsp3) is 1.00. The molecule has 17 heavy (non-hydrogen) atoms. The molecule has 0 heterocycles. The Bertz CT molecular complexity index is 212. The fourth-order valence-electron chi connectivity index (χ4n) is 2.99. The minimum Gasteiger partial charge on any atom is -0.383 e. The number of rotatable bonds is 8. The van der Waals surface area contributed by atoms with Crippen LogP contribution in [0.15, 0.2) is 0 Å². The summed E-state index contributed by atoms with van der Waals surface area (Å²) in [6, 6.07) is 1.44. The van der Waals surface area contributed by atoms with Crippen LogP contribution in [0.2, 0.25) is 0 Å². The molecule has 0 amide bonds. The van der Waals surface area contributed by atoms with E-state index in [9.17, 15) is 0 Å². The molecule has 3 heteroatoms. The van der Waals surface area contributed by atoms with Crippen LogP contribution in [-0.2, 0) is 4.74 Å². The molecule has 0 radical (unpaired) electrons. The van der Waals surface area contributed by atoms with E-state index in [1.165, 1.54) is 45.1 Å². The Morgan fingerprint density at radius 1 is 1.24 bits per heavy atom. The molecule has 1 unspecified atom stereocenters. The van der Waals surface area contributed by atoms with Crippen molar-refractivity contribution in [2.45, 2.75) is 50.6 Å². The van der Waals surface area contributed by atoms with Gasteiger partial charge >= 0.3 is 0 Å². The summed E-state index contributed by atoms with van der Waals surface area (Å²) in [5, 5.41) is 3.67. The summed E-state index contributed by atoms with van der Waals surface area (Å²) in [5.41, 5.74) is 0. The van der Waals surface area contributed by atoms with Gasteiger partial charge < -0.3 is 15.0 Å². The van der Waals surface area contributed by atoms with Gasteiger partial charge in [0.2, 0.25) is 0 Å². The molecule has 0 bridgehead atoms. The van der Waals surface area contributed by atoms with Crippen molar-refractivity contribution in [2.24, 2.45) is 5.92 Å². The topological polar surface area (TPSA) is 24.5 Å². The van der Waals surface area contributed by atoms with Crippen LogP contribution in [0.25, 0.3) is 0 Å². The second-order valence-electron chi connectivity index (χ2n) is 5.77. The Morgan fingerprint density at radius 2 is 1.94 bits per heavy atom. The molecule has 1 N–H and O–H groups in total. The van der Waals surface area contributed by atoms with Gasteiger partial charge in [-0.3, -0.25) is 0 Å². The largest absolute Gasteiger partial charge is 0.383 e. The van der Waals surface area contributed by atoms with Gasteiger partial charge in [-0.2, -0.15) is 0 Å². The van der Waals surface area contributed by atoms with Crippen LogP contribution < -0.4 is 5.32 Å². The molecule has 0 spiro atoms. The van der Waals surface area contributed by atoms with E-state index in [4.69, 9.17) is 4.74 Å². The van der Waals surface area contributed by atoms with Gasteiger partial charge in [-0.1, -0.05) is 12.8 Å². The molecule has 100 valence electrons. The molecule has 0 saturated heterocycles. The third kappa shape index (κ3) is 4.23. The highest BCUT2D eigenvalue weighted by Gasteiger charge is 2.30. The van der Waals surface area contributed by atoms with Crippen LogP contribution in [0.3, 0.4) is 0 Å². The number of nitrogens with one attached hydrogen (secondary N) is 1. The number of likely N-dealkylation sites (N-methyl/N-ethyl adjacent to an activating group) is 1. The van der Waals surface area contributed by atoms with Gasteiger partial charge in [0.25, 0.3) is 0 Å². The second-order valence-corrected chi connectivity index (χ2v) is 5.77. The summed E-state index contributed by atoms with van der Waals surface area (Å²) in [7, 11) is 4.09.